The largest absolute Gasteiger partial charge is 0.247 e. The molecule has 1 aliphatic carbocycles. The average molecular weight is 249 g/mol. The molecule has 3 nitrogen and oxygen atoms in total. The molecule has 1 atom stereocenters. The van der Waals surface area contributed by atoms with Gasteiger partial charge in [-0.25, -0.2) is 4.68 Å². The lowest BCUT2D eigenvalue weighted by molar-refractivity contribution is 0.347. The predicted octanol–water partition coefficient (Wildman–Crippen LogP) is 3.79. The molecule has 0 N–H and O–H groups in total. The molecule has 1 heterocycles. The zero-order valence-electron chi connectivity index (χ0n) is 12.3. The van der Waals surface area contributed by atoms with Crippen molar-refractivity contribution < 1.29 is 0 Å². The average Bonchev–Trinajstić information content (AvgIpc) is 2.64. The van der Waals surface area contributed by atoms with Crippen molar-refractivity contribution in [3.8, 4) is 0 Å². The molecule has 0 spiro atoms. The highest BCUT2D eigenvalue weighted by Gasteiger charge is 2.20. The maximum Gasteiger partial charge on any atom is 0.0859 e. The van der Waals surface area contributed by atoms with Crippen LogP contribution in [0.25, 0.3) is 0 Å². The van der Waals surface area contributed by atoms with E-state index in [0.717, 1.165) is 24.7 Å². The van der Waals surface area contributed by atoms with E-state index in [4.69, 9.17) is 0 Å². The number of rotatable bonds is 3. The minimum Gasteiger partial charge on any atom is -0.247 e. The molecule has 1 aromatic heterocycles. The molecule has 0 radical (unpaired) electrons. The van der Waals surface area contributed by atoms with E-state index in [1.165, 1.54) is 37.1 Å². The molecule has 18 heavy (non-hydrogen) atoms. The fourth-order valence-electron chi connectivity index (χ4n) is 3.16. The monoisotopic (exact) mass is 249 g/mol. The van der Waals surface area contributed by atoms with E-state index < -0.39 is 0 Å². The molecule has 0 saturated carbocycles. The van der Waals surface area contributed by atoms with Crippen LogP contribution >= 0.6 is 0 Å². The maximum atomic E-state index is 4.41. The van der Waals surface area contributed by atoms with Gasteiger partial charge >= 0.3 is 0 Å². The van der Waals surface area contributed by atoms with Gasteiger partial charge in [0, 0.05) is 6.04 Å². The van der Waals surface area contributed by atoms with Crippen molar-refractivity contribution >= 4 is 0 Å². The minimum absolute atomic E-state index is 0.437. The molecule has 0 aliphatic heterocycles. The maximum absolute atomic E-state index is 4.41. The highest BCUT2D eigenvalue weighted by molar-refractivity contribution is 5.12. The summed E-state index contributed by atoms with van der Waals surface area (Å²) in [5.74, 6) is 1.71. The van der Waals surface area contributed by atoms with E-state index in [0.29, 0.717) is 6.04 Å². The molecule has 0 aromatic carbocycles. The summed E-state index contributed by atoms with van der Waals surface area (Å²) in [6.45, 7) is 9.04. The van der Waals surface area contributed by atoms with Gasteiger partial charge in [0.2, 0.25) is 0 Å². The molecular formula is C15H27N3. The first-order chi connectivity index (χ1) is 8.58. The summed E-state index contributed by atoms with van der Waals surface area (Å²) in [7, 11) is 0. The predicted molar refractivity (Wildman–Crippen MR) is 74.6 cm³/mol. The third kappa shape index (κ3) is 3.12. The smallest absolute Gasteiger partial charge is 0.0859 e. The first-order valence-corrected chi connectivity index (χ1v) is 7.50. The quantitative estimate of drug-likeness (QED) is 0.816. The number of fused-ring (bicyclic) bond motifs is 1. The van der Waals surface area contributed by atoms with Crippen molar-refractivity contribution in [2.75, 3.05) is 0 Å². The van der Waals surface area contributed by atoms with Crippen LogP contribution in [-0.4, -0.2) is 15.0 Å². The van der Waals surface area contributed by atoms with E-state index in [9.17, 15) is 0 Å². The molecule has 0 saturated heterocycles. The van der Waals surface area contributed by atoms with Gasteiger partial charge in [-0.15, -0.1) is 5.10 Å². The van der Waals surface area contributed by atoms with Crippen LogP contribution in [0.15, 0.2) is 0 Å². The lowest BCUT2D eigenvalue weighted by atomic mass is 9.85. The Hall–Kier alpha value is -0.860. The van der Waals surface area contributed by atoms with Crippen molar-refractivity contribution in [1.29, 1.82) is 0 Å². The van der Waals surface area contributed by atoms with E-state index in [2.05, 4.69) is 42.7 Å². The Bertz CT molecular complexity index is 379. The molecule has 1 aliphatic rings. The normalized spacial score (nSPS) is 20.9. The minimum atomic E-state index is 0.437. The van der Waals surface area contributed by atoms with Crippen LogP contribution in [0.1, 0.15) is 70.8 Å². The Kier molecular flexibility index (Phi) is 4.41. The lowest BCUT2D eigenvalue weighted by Gasteiger charge is -2.21. The summed E-state index contributed by atoms with van der Waals surface area (Å²) < 4.78 is 2.12. The molecule has 3 heteroatoms. The van der Waals surface area contributed by atoms with Crippen LogP contribution in [0.4, 0.5) is 0 Å². The zero-order chi connectivity index (χ0) is 13.1. The molecule has 102 valence electrons. The van der Waals surface area contributed by atoms with E-state index >= 15 is 0 Å². The van der Waals surface area contributed by atoms with Crippen molar-refractivity contribution in [3.63, 3.8) is 0 Å². The third-order valence-electron chi connectivity index (χ3n) is 3.98. The Balaban J connectivity index is 2.07. The van der Waals surface area contributed by atoms with E-state index in [1.807, 2.05) is 0 Å². The van der Waals surface area contributed by atoms with Crippen LogP contribution in [0.2, 0.25) is 0 Å². The van der Waals surface area contributed by atoms with Crippen molar-refractivity contribution in [2.45, 2.75) is 72.3 Å². The molecule has 1 unspecified atom stereocenters. The number of hydrogen-bond donors (Lipinski definition) is 0. The third-order valence-corrected chi connectivity index (χ3v) is 3.98. The standard InChI is InChI=1S/C15H27N3/c1-11(2)10-13-6-5-7-15-14(9-8-13)16-17-18(15)12(3)4/h11-13H,5-10H2,1-4H3. The Morgan fingerprint density at radius 1 is 1.17 bits per heavy atom. The lowest BCUT2D eigenvalue weighted by Crippen LogP contribution is -2.14. The van der Waals surface area contributed by atoms with Gasteiger partial charge in [0.05, 0.1) is 11.4 Å². The summed E-state index contributed by atoms with van der Waals surface area (Å²) in [5.41, 5.74) is 2.66. The highest BCUT2D eigenvalue weighted by Crippen LogP contribution is 2.27. The second-order valence-electron chi connectivity index (χ2n) is 6.45. The highest BCUT2D eigenvalue weighted by atomic mass is 15.4. The second kappa shape index (κ2) is 5.85. The number of nitrogens with zero attached hydrogens (tertiary/aromatic N) is 3. The van der Waals surface area contributed by atoms with Crippen molar-refractivity contribution in [3.05, 3.63) is 11.4 Å². The fourth-order valence-corrected chi connectivity index (χ4v) is 3.16. The molecule has 2 rings (SSSR count). The van der Waals surface area contributed by atoms with Crippen LogP contribution < -0.4 is 0 Å². The van der Waals surface area contributed by atoms with Gasteiger partial charge in [0.15, 0.2) is 0 Å². The van der Waals surface area contributed by atoms with Gasteiger partial charge in [-0.1, -0.05) is 25.5 Å². The van der Waals surface area contributed by atoms with Gasteiger partial charge in [-0.2, -0.15) is 0 Å². The van der Waals surface area contributed by atoms with E-state index in [-0.39, 0.29) is 0 Å². The molecule has 0 fully saturated rings. The first kappa shape index (κ1) is 13.6. The van der Waals surface area contributed by atoms with Gasteiger partial charge in [0.1, 0.15) is 0 Å². The fraction of sp³-hybridized carbons (Fsp3) is 0.867. The van der Waals surface area contributed by atoms with Crippen LogP contribution in [0, 0.1) is 11.8 Å². The van der Waals surface area contributed by atoms with Gasteiger partial charge in [-0.05, 0) is 57.8 Å². The van der Waals surface area contributed by atoms with Gasteiger partial charge < -0.3 is 0 Å². The summed E-state index contributed by atoms with van der Waals surface area (Å²) in [5, 5.41) is 8.74. The second-order valence-corrected chi connectivity index (χ2v) is 6.45. The molecule has 1 aromatic rings. The Morgan fingerprint density at radius 3 is 2.61 bits per heavy atom. The van der Waals surface area contributed by atoms with E-state index in [1.54, 1.807) is 0 Å². The summed E-state index contributed by atoms with van der Waals surface area (Å²) in [6, 6.07) is 0.437. The van der Waals surface area contributed by atoms with Gasteiger partial charge in [0.25, 0.3) is 0 Å². The van der Waals surface area contributed by atoms with Crippen LogP contribution in [0.3, 0.4) is 0 Å². The molecular weight excluding hydrogens is 222 g/mol. The van der Waals surface area contributed by atoms with Gasteiger partial charge in [-0.3, -0.25) is 0 Å². The Morgan fingerprint density at radius 2 is 1.94 bits per heavy atom. The van der Waals surface area contributed by atoms with Crippen LogP contribution in [-0.2, 0) is 12.8 Å². The topological polar surface area (TPSA) is 30.7 Å². The van der Waals surface area contributed by atoms with Crippen LogP contribution in [0.5, 0.6) is 0 Å². The molecule has 0 amide bonds. The summed E-state index contributed by atoms with van der Waals surface area (Å²) in [4.78, 5) is 0. The number of aromatic nitrogens is 3. The number of hydrogen-bond acceptors (Lipinski definition) is 2. The zero-order valence-corrected chi connectivity index (χ0v) is 12.3. The molecule has 0 bridgehead atoms. The SMILES string of the molecule is CC(C)CC1CCCc2c(nnn2C(C)C)CC1. The summed E-state index contributed by atoms with van der Waals surface area (Å²) >= 11 is 0. The number of aryl methyl sites for hydroxylation is 1. The van der Waals surface area contributed by atoms with Crippen molar-refractivity contribution in [1.82, 2.24) is 15.0 Å². The summed E-state index contributed by atoms with van der Waals surface area (Å²) in [6.07, 6.45) is 7.62. The first-order valence-electron chi connectivity index (χ1n) is 7.50. The Labute approximate surface area is 111 Å². The van der Waals surface area contributed by atoms with Crippen molar-refractivity contribution in [2.24, 2.45) is 11.8 Å².